The Morgan fingerprint density at radius 3 is 2.70 bits per heavy atom. The zero-order chi connectivity index (χ0) is 19.6. The van der Waals surface area contributed by atoms with Crippen molar-refractivity contribution in [2.75, 3.05) is 6.61 Å². The van der Waals surface area contributed by atoms with Crippen LogP contribution < -0.4 is 0 Å². The number of nitrogens with one attached hydrogen (secondary N) is 1. The number of aliphatic carboxylic acids is 1. The minimum absolute atomic E-state index is 0.152. The van der Waals surface area contributed by atoms with Crippen LogP contribution in [-0.4, -0.2) is 27.7 Å². The Labute approximate surface area is 172 Å². The third-order valence-electron chi connectivity index (χ3n) is 4.87. The lowest BCUT2D eigenvalue weighted by molar-refractivity contribution is -0.142. The summed E-state index contributed by atoms with van der Waals surface area (Å²) in [7, 11) is 0. The summed E-state index contributed by atoms with van der Waals surface area (Å²) in [5.74, 6) is -0.714. The molecule has 0 saturated heterocycles. The summed E-state index contributed by atoms with van der Waals surface area (Å²) in [5, 5.41) is 10.5. The Hall–Kier alpha value is -1.93. The quantitative estimate of drug-likeness (QED) is 0.477. The molecule has 0 spiro atoms. The summed E-state index contributed by atoms with van der Waals surface area (Å²) in [6, 6.07) is 12.0. The van der Waals surface area contributed by atoms with Crippen LogP contribution in [0.4, 0.5) is 0 Å². The van der Waals surface area contributed by atoms with Crippen molar-refractivity contribution >= 4 is 39.6 Å². The van der Waals surface area contributed by atoms with Gasteiger partial charge in [-0.15, -0.1) is 0 Å². The monoisotopic (exact) mass is 478 g/mol. The lowest BCUT2D eigenvalue weighted by Crippen LogP contribution is -2.28. The summed E-state index contributed by atoms with van der Waals surface area (Å²) in [6.45, 7) is 6.65. The number of fused-ring (bicyclic) bond motifs is 1. The molecule has 2 N–H and O–H groups in total. The molecule has 3 rings (SSSR count). The molecule has 0 fully saturated rings. The molecule has 5 nitrogen and oxygen atoms in total. The van der Waals surface area contributed by atoms with Gasteiger partial charge in [0.05, 0.1) is 22.3 Å². The maximum absolute atomic E-state index is 11.6. The molecule has 0 unspecified atom stereocenters. The Bertz CT molecular complexity index is 951. The molecule has 27 heavy (non-hydrogen) atoms. The van der Waals surface area contributed by atoms with Crippen molar-refractivity contribution in [3.63, 3.8) is 0 Å². The number of nitrogens with zero attached hydrogens (tertiary/aromatic N) is 1. The van der Waals surface area contributed by atoms with E-state index in [0.717, 1.165) is 25.9 Å². The number of pyridine rings is 1. The van der Waals surface area contributed by atoms with Gasteiger partial charge in [0.2, 0.25) is 0 Å². The van der Waals surface area contributed by atoms with Gasteiger partial charge in [-0.3, -0.25) is 4.79 Å². The molecule has 0 saturated carbocycles. The SMILES string of the molecule is C[C@H](COCc1ccccc1)c1c(I)[nH]c2ncc(C(C)(C)C(=O)O)cc12. The highest BCUT2D eigenvalue weighted by molar-refractivity contribution is 14.1. The number of aromatic nitrogens is 2. The van der Waals surface area contributed by atoms with Crippen LogP contribution in [0.2, 0.25) is 0 Å². The molecule has 0 bridgehead atoms. The van der Waals surface area contributed by atoms with E-state index in [1.54, 1.807) is 20.0 Å². The maximum atomic E-state index is 11.6. The summed E-state index contributed by atoms with van der Waals surface area (Å²) in [4.78, 5) is 19.4. The fourth-order valence-corrected chi connectivity index (χ4v) is 4.09. The van der Waals surface area contributed by atoms with Gasteiger partial charge in [0.1, 0.15) is 5.65 Å². The molecule has 6 heteroatoms. The van der Waals surface area contributed by atoms with Crippen LogP contribution in [0, 0.1) is 3.70 Å². The van der Waals surface area contributed by atoms with Crippen LogP contribution in [0.1, 0.15) is 43.4 Å². The molecular weight excluding hydrogens is 455 g/mol. The average molecular weight is 478 g/mol. The Balaban J connectivity index is 1.84. The Morgan fingerprint density at radius 2 is 2.04 bits per heavy atom. The van der Waals surface area contributed by atoms with Gasteiger partial charge < -0.3 is 14.8 Å². The second-order valence-corrected chi connectivity index (χ2v) is 8.38. The van der Waals surface area contributed by atoms with Crippen LogP contribution >= 0.6 is 22.6 Å². The minimum atomic E-state index is -0.992. The van der Waals surface area contributed by atoms with Crippen LogP contribution in [0.5, 0.6) is 0 Å². The molecule has 2 heterocycles. The first-order chi connectivity index (χ1) is 12.8. The maximum Gasteiger partial charge on any atom is 0.313 e. The molecular formula is C21H23IN2O3. The highest BCUT2D eigenvalue weighted by Crippen LogP contribution is 2.33. The van der Waals surface area contributed by atoms with Gasteiger partial charge in [-0.05, 0) is 59.2 Å². The van der Waals surface area contributed by atoms with Crippen molar-refractivity contribution in [3.05, 3.63) is 63.0 Å². The summed E-state index contributed by atoms with van der Waals surface area (Å²) in [5.41, 5.74) is 2.74. The van der Waals surface area contributed by atoms with E-state index in [1.165, 1.54) is 0 Å². The largest absolute Gasteiger partial charge is 0.481 e. The van der Waals surface area contributed by atoms with Gasteiger partial charge in [-0.2, -0.15) is 0 Å². The van der Waals surface area contributed by atoms with Crippen LogP contribution in [0.3, 0.4) is 0 Å². The van der Waals surface area contributed by atoms with Gasteiger partial charge in [-0.25, -0.2) is 4.98 Å². The number of hydrogen-bond donors (Lipinski definition) is 2. The topological polar surface area (TPSA) is 75.2 Å². The minimum Gasteiger partial charge on any atom is -0.481 e. The number of hydrogen-bond acceptors (Lipinski definition) is 3. The van der Waals surface area contributed by atoms with Crippen molar-refractivity contribution < 1.29 is 14.6 Å². The van der Waals surface area contributed by atoms with E-state index in [4.69, 9.17) is 4.74 Å². The predicted octanol–water partition coefficient (Wildman–Crippen LogP) is 4.85. The number of carboxylic acid groups (broad SMARTS) is 1. The molecule has 1 atom stereocenters. The first-order valence-corrected chi connectivity index (χ1v) is 9.91. The highest BCUT2D eigenvalue weighted by atomic mass is 127. The van der Waals surface area contributed by atoms with Gasteiger partial charge in [0.25, 0.3) is 0 Å². The molecule has 3 aromatic rings. The second-order valence-electron chi connectivity index (χ2n) is 7.30. The number of benzene rings is 1. The van der Waals surface area contributed by atoms with E-state index in [2.05, 4.69) is 39.5 Å². The van der Waals surface area contributed by atoms with E-state index in [0.29, 0.717) is 18.8 Å². The number of carboxylic acids is 1. The van der Waals surface area contributed by atoms with Gasteiger partial charge in [0, 0.05) is 17.5 Å². The summed E-state index contributed by atoms with van der Waals surface area (Å²) < 4.78 is 6.92. The van der Waals surface area contributed by atoms with Crippen molar-refractivity contribution in [1.82, 2.24) is 9.97 Å². The molecule has 0 radical (unpaired) electrons. The zero-order valence-corrected chi connectivity index (χ0v) is 17.8. The number of aromatic amines is 1. The predicted molar refractivity (Wildman–Crippen MR) is 114 cm³/mol. The van der Waals surface area contributed by atoms with Crippen molar-refractivity contribution in [2.24, 2.45) is 0 Å². The van der Waals surface area contributed by atoms with E-state index < -0.39 is 11.4 Å². The number of H-pyrrole nitrogens is 1. The van der Waals surface area contributed by atoms with Crippen molar-refractivity contribution in [1.29, 1.82) is 0 Å². The lowest BCUT2D eigenvalue weighted by Gasteiger charge is -2.19. The first kappa shape index (κ1) is 19.8. The van der Waals surface area contributed by atoms with Gasteiger partial charge >= 0.3 is 5.97 Å². The van der Waals surface area contributed by atoms with E-state index in [-0.39, 0.29) is 5.92 Å². The number of rotatable bonds is 7. The fourth-order valence-electron chi connectivity index (χ4n) is 3.02. The summed E-state index contributed by atoms with van der Waals surface area (Å²) in [6.07, 6.45) is 1.64. The molecule has 0 aliphatic rings. The van der Waals surface area contributed by atoms with Crippen molar-refractivity contribution in [2.45, 2.75) is 38.7 Å². The molecule has 142 valence electrons. The smallest absolute Gasteiger partial charge is 0.313 e. The highest BCUT2D eigenvalue weighted by Gasteiger charge is 2.31. The molecule has 0 aliphatic heterocycles. The van der Waals surface area contributed by atoms with Crippen LogP contribution in [0.15, 0.2) is 42.6 Å². The Morgan fingerprint density at radius 1 is 1.33 bits per heavy atom. The third-order valence-corrected chi connectivity index (χ3v) is 5.72. The van der Waals surface area contributed by atoms with Crippen LogP contribution in [0.25, 0.3) is 11.0 Å². The lowest BCUT2D eigenvalue weighted by atomic mass is 9.85. The van der Waals surface area contributed by atoms with E-state index in [9.17, 15) is 9.90 Å². The Kier molecular flexibility index (Phi) is 5.86. The third kappa shape index (κ3) is 4.16. The average Bonchev–Trinajstić information content (AvgIpc) is 2.97. The summed E-state index contributed by atoms with van der Waals surface area (Å²) >= 11 is 2.27. The molecule has 0 amide bonds. The molecule has 1 aromatic carbocycles. The standard InChI is InChI=1S/C21H23IN2O3/c1-13(11-27-12-14-7-5-4-6-8-14)17-16-9-15(21(2,3)20(25)26)10-23-19(16)24-18(17)22/h4-10,13H,11-12H2,1-3H3,(H,23,24)(H,25,26)/t13-/m1/s1. The van der Waals surface area contributed by atoms with Crippen molar-refractivity contribution in [3.8, 4) is 0 Å². The first-order valence-electron chi connectivity index (χ1n) is 8.83. The second kappa shape index (κ2) is 7.98. The fraction of sp³-hybridized carbons (Fsp3) is 0.333. The number of carbonyl (C=O) groups is 1. The number of ether oxygens (including phenoxy) is 1. The van der Waals surface area contributed by atoms with Gasteiger partial charge in [-0.1, -0.05) is 37.3 Å². The van der Waals surface area contributed by atoms with Crippen LogP contribution in [-0.2, 0) is 21.6 Å². The molecule has 2 aromatic heterocycles. The zero-order valence-electron chi connectivity index (χ0n) is 15.6. The van der Waals surface area contributed by atoms with Gasteiger partial charge in [0.15, 0.2) is 0 Å². The van der Waals surface area contributed by atoms with E-state index >= 15 is 0 Å². The normalized spacial score (nSPS) is 13.0. The number of halogens is 1. The van der Waals surface area contributed by atoms with E-state index in [1.807, 2.05) is 36.4 Å². The molecule has 0 aliphatic carbocycles.